The van der Waals surface area contributed by atoms with Crippen molar-refractivity contribution in [2.24, 2.45) is 0 Å². The van der Waals surface area contributed by atoms with Crippen LogP contribution in [-0.2, 0) is 18.4 Å². The Morgan fingerprint density at radius 2 is 1.08 bits per heavy atom. The smallest absolute Gasteiger partial charge is 0.387 e. The molecule has 1 amide bonds. The number of allylic oxidation sites excluding steroid dienone is 7. The van der Waals surface area contributed by atoms with Gasteiger partial charge in [-0.05, 0) is 70.6 Å². The zero-order valence-corrected chi connectivity index (χ0v) is 34.5. The first-order chi connectivity index (χ1) is 24.5. The maximum atomic E-state index is 12.8. The molecule has 3 N–H and O–H groups in total. The van der Waals surface area contributed by atoms with E-state index < -0.39 is 20.0 Å². The lowest BCUT2D eigenvalue weighted by atomic mass is 10.1. The Balaban J connectivity index is 4.60. The number of rotatable bonds is 36. The number of phosphoric ester groups is 1. The zero-order valence-electron chi connectivity index (χ0n) is 33.6. The fourth-order valence-electron chi connectivity index (χ4n) is 5.42. The maximum absolute atomic E-state index is 12.8. The second-order valence-corrected chi connectivity index (χ2v) is 16.4. The maximum Gasteiger partial charge on any atom is 0.472 e. The van der Waals surface area contributed by atoms with Crippen LogP contribution in [0.5, 0.6) is 0 Å². The van der Waals surface area contributed by atoms with E-state index in [1.165, 1.54) is 83.5 Å². The molecule has 0 spiro atoms. The minimum absolute atomic E-state index is 0.0507. The summed E-state index contributed by atoms with van der Waals surface area (Å²) in [6, 6.07) is -0.872. The van der Waals surface area contributed by atoms with Gasteiger partial charge in [0.25, 0.3) is 0 Å². The summed E-state index contributed by atoms with van der Waals surface area (Å²) >= 11 is 0. The van der Waals surface area contributed by atoms with Crippen LogP contribution in [0.4, 0.5) is 0 Å². The Bertz CT molecular complexity index is 975. The van der Waals surface area contributed by atoms with Crippen LogP contribution < -0.4 is 5.32 Å². The number of carbonyl (C=O) groups is 1. The predicted molar refractivity (Wildman–Crippen MR) is 217 cm³/mol. The third-order valence-corrected chi connectivity index (χ3v) is 9.73. The molecule has 3 unspecified atom stereocenters. The average Bonchev–Trinajstić information content (AvgIpc) is 3.07. The monoisotopic (exact) mass is 740 g/mol. The van der Waals surface area contributed by atoms with Crippen molar-refractivity contribution in [1.82, 2.24) is 5.32 Å². The number of likely N-dealkylation sites (N-methyl/N-ethyl adjacent to an activating group) is 1. The topological polar surface area (TPSA) is 105 Å². The molecule has 51 heavy (non-hydrogen) atoms. The Morgan fingerprint density at radius 3 is 1.59 bits per heavy atom. The first-order valence-corrected chi connectivity index (χ1v) is 22.0. The molecule has 0 aromatic carbocycles. The van der Waals surface area contributed by atoms with E-state index in [-0.39, 0.29) is 19.1 Å². The van der Waals surface area contributed by atoms with E-state index in [2.05, 4.69) is 55.6 Å². The van der Waals surface area contributed by atoms with Crippen molar-refractivity contribution < 1.29 is 32.9 Å². The number of carbonyl (C=O) groups excluding carboxylic acids is 1. The highest BCUT2D eigenvalue weighted by Gasteiger charge is 2.27. The van der Waals surface area contributed by atoms with Gasteiger partial charge < -0.3 is 19.8 Å². The van der Waals surface area contributed by atoms with Gasteiger partial charge in [-0.2, -0.15) is 0 Å². The normalized spacial score (nSPS) is 15.0. The number of hydrogen-bond donors (Lipinski definition) is 3. The standard InChI is InChI=1S/C42H79N2O6P/c1-6-8-10-12-14-16-18-20-21-22-24-25-27-29-31-33-35-41(45)40(39-50-51(47,48)49-38-37-44(3,4)5)43-42(46)36-34-32-30-28-26-23-19-17-15-13-11-9-7-2/h17,19-21,25,27,33,35,40-41,45H,6-16,18,22-24,26,28-32,34,36-39H2,1-5H3,(H-,43,46,47,48)/p+1/b19-17-,21-20+,27-25+,35-33+. The predicted octanol–water partition coefficient (Wildman–Crippen LogP) is 10.9. The number of hydrogen-bond acceptors (Lipinski definition) is 5. The van der Waals surface area contributed by atoms with Crippen LogP contribution in [0.15, 0.2) is 48.6 Å². The highest BCUT2D eigenvalue weighted by molar-refractivity contribution is 7.47. The van der Waals surface area contributed by atoms with Crippen LogP contribution in [0.2, 0.25) is 0 Å². The van der Waals surface area contributed by atoms with Gasteiger partial charge in [0.1, 0.15) is 13.2 Å². The number of unbranched alkanes of at least 4 members (excludes halogenated alkanes) is 17. The molecule has 3 atom stereocenters. The van der Waals surface area contributed by atoms with Gasteiger partial charge in [-0.25, -0.2) is 4.57 Å². The van der Waals surface area contributed by atoms with E-state index in [1.807, 2.05) is 27.2 Å². The van der Waals surface area contributed by atoms with Crippen molar-refractivity contribution in [3.05, 3.63) is 48.6 Å². The van der Waals surface area contributed by atoms with Crippen molar-refractivity contribution in [3.63, 3.8) is 0 Å². The molecule has 298 valence electrons. The van der Waals surface area contributed by atoms with E-state index in [0.29, 0.717) is 17.4 Å². The van der Waals surface area contributed by atoms with Crippen LogP contribution in [0, 0.1) is 0 Å². The molecule has 9 heteroatoms. The summed E-state index contributed by atoms with van der Waals surface area (Å²) in [6.07, 6.45) is 41.7. The molecule has 0 aliphatic rings. The lowest BCUT2D eigenvalue weighted by Gasteiger charge is -2.25. The van der Waals surface area contributed by atoms with Crippen molar-refractivity contribution in [1.29, 1.82) is 0 Å². The first kappa shape index (κ1) is 49.5. The molecular formula is C42H80N2O6P+. The summed E-state index contributed by atoms with van der Waals surface area (Å²) in [5, 5.41) is 13.7. The van der Waals surface area contributed by atoms with Crippen LogP contribution in [0.25, 0.3) is 0 Å². The fourth-order valence-corrected chi connectivity index (χ4v) is 6.15. The van der Waals surface area contributed by atoms with E-state index >= 15 is 0 Å². The molecule has 8 nitrogen and oxygen atoms in total. The number of nitrogens with zero attached hydrogens (tertiary/aromatic N) is 1. The average molecular weight is 740 g/mol. The Labute approximate surface area is 314 Å². The largest absolute Gasteiger partial charge is 0.472 e. The van der Waals surface area contributed by atoms with Crippen molar-refractivity contribution in [2.75, 3.05) is 40.9 Å². The van der Waals surface area contributed by atoms with E-state index in [1.54, 1.807) is 6.08 Å². The Morgan fingerprint density at radius 1 is 0.647 bits per heavy atom. The molecule has 0 fully saturated rings. The van der Waals surface area contributed by atoms with Gasteiger partial charge in [0.15, 0.2) is 0 Å². The minimum Gasteiger partial charge on any atom is -0.387 e. The van der Waals surface area contributed by atoms with E-state index in [0.717, 1.165) is 57.8 Å². The number of quaternary nitrogens is 1. The second-order valence-electron chi connectivity index (χ2n) is 15.0. The van der Waals surface area contributed by atoms with Crippen molar-refractivity contribution in [3.8, 4) is 0 Å². The number of aliphatic hydroxyl groups excluding tert-OH is 1. The van der Waals surface area contributed by atoms with Gasteiger partial charge in [0.2, 0.25) is 5.91 Å². The molecule has 0 saturated heterocycles. The molecule has 0 saturated carbocycles. The lowest BCUT2D eigenvalue weighted by Crippen LogP contribution is -2.45. The Kier molecular flexibility index (Phi) is 33.2. The molecule has 0 bridgehead atoms. The highest BCUT2D eigenvalue weighted by atomic mass is 31.2. The number of nitrogens with one attached hydrogen (secondary N) is 1. The van der Waals surface area contributed by atoms with Crippen LogP contribution >= 0.6 is 7.82 Å². The van der Waals surface area contributed by atoms with Gasteiger partial charge in [-0.15, -0.1) is 0 Å². The molecule has 0 aliphatic heterocycles. The summed E-state index contributed by atoms with van der Waals surface area (Å²) in [4.78, 5) is 23.0. The number of phosphoric acid groups is 1. The summed E-state index contributed by atoms with van der Waals surface area (Å²) in [5.41, 5.74) is 0. The summed E-state index contributed by atoms with van der Waals surface area (Å²) in [6.45, 7) is 4.73. The molecule has 0 aromatic rings. The second kappa shape index (κ2) is 34.2. The summed E-state index contributed by atoms with van der Waals surface area (Å²) in [5.74, 6) is -0.204. The van der Waals surface area contributed by atoms with Crippen molar-refractivity contribution >= 4 is 13.7 Å². The molecule has 0 aromatic heterocycles. The van der Waals surface area contributed by atoms with Gasteiger partial charge >= 0.3 is 7.82 Å². The molecular weight excluding hydrogens is 659 g/mol. The van der Waals surface area contributed by atoms with Crippen molar-refractivity contribution in [2.45, 2.75) is 174 Å². The lowest BCUT2D eigenvalue weighted by molar-refractivity contribution is -0.870. The molecule has 0 aliphatic carbocycles. The summed E-state index contributed by atoms with van der Waals surface area (Å²) in [7, 11) is 1.53. The molecule has 0 rings (SSSR count). The Hall–Kier alpha value is -1.54. The SMILES string of the molecule is CCCCCC/C=C\CCCCCCCC(=O)NC(COP(=O)(O)OCC[N+](C)(C)C)C(O)/C=C/CC/C=C/CC/C=C/CCCCCCCC. The molecule has 0 heterocycles. The first-order valence-electron chi connectivity index (χ1n) is 20.5. The number of aliphatic hydroxyl groups is 1. The van der Waals surface area contributed by atoms with E-state index in [4.69, 9.17) is 9.05 Å². The van der Waals surface area contributed by atoms with Gasteiger partial charge in [0.05, 0.1) is 39.9 Å². The molecule has 0 radical (unpaired) electrons. The minimum atomic E-state index is -4.35. The van der Waals surface area contributed by atoms with Crippen LogP contribution in [0.3, 0.4) is 0 Å². The number of amides is 1. The summed E-state index contributed by atoms with van der Waals surface area (Å²) < 4.78 is 23.5. The quantitative estimate of drug-likeness (QED) is 0.0256. The van der Waals surface area contributed by atoms with Gasteiger partial charge in [0, 0.05) is 6.42 Å². The van der Waals surface area contributed by atoms with Gasteiger partial charge in [-0.1, -0.05) is 133 Å². The van der Waals surface area contributed by atoms with Crippen LogP contribution in [0.1, 0.15) is 162 Å². The third-order valence-electron chi connectivity index (χ3n) is 8.75. The van der Waals surface area contributed by atoms with E-state index in [9.17, 15) is 19.4 Å². The third kappa shape index (κ3) is 36.6. The van der Waals surface area contributed by atoms with Crippen LogP contribution in [-0.4, -0.2) is 73.4 Å². The highest BCUT2D eigenvalue weighted by Crippen LogP contribution is 2.43. The zero-order chi connectivity index (χ0) is 37.9. The fraction of sp³-hybridized carbons (Fsp3) is 0.786. The van der Waals surface area contributed by atoms with Gasteiger partial charge in [-0.3, -0.25) is 13.8 Å².